The van der Waals surface area contributed by atoms with Crippen molar-refractivity contribution < 1.29 is 14.9 Å². The zero-order valence-electron chi connectivity index (χ0n) is 19.6. The molecule has 4 nitrogen and oxygen atoms in total. The van der Waals surface area contributed by atoms with Crippen molar-refractivity contribution in [3.63, 3.8) is 0 Å². The number of aromatic hydroxyl groups is 1. The van der Waals surface area contributed by atoms with Crippen molar-refractivity contribution >= 4 is 11.1 Å². The number of phenols is 1. The average Bonchev–Trinajstić information content (AvgIpc) is 3.58. The van der Waals surface area contributed by atoms with Crippen molar-refractivity contribution in [2.45, 2.75) is 31.8 Å². The number of nitrogens with zero attached hydrogens (tertiary/aromatic N) is 1. The number of ether oxygens (including phenoxy) is 1. The predicted molar refractivity (Wildman–Crippen MR) is 137 cm³/mol. The summed E-state index contributed by atoms with van der Waals surface area (Å²) in [6.45, 7) is 3.12. The minimum Gasteiger partial charge on any atom is -0.508 e. The molecule has 1 saturated heterocycles. The maximum atomic E-state index is 10.4. The van der Waals surface area contributed by atoms with E-state index in [1.54, 1.807) is 12.1 Å². The quantitative estimate of drug-likeness (QED) is 0.413. The molecule has 1 aliphatic heterocycles. The van der Waals surface area contributed by atoms with Gasteiger partial charge in [-0.2, -0.15) is 0 Å². The molecule has 1 saturated carbocycles. The van der Waals surface area contributed by atoms with Gasteiger partial charge in [-0.3, -0.25) is 0 Å². The van der Waals surface area contributed by atoms with Gasteiger partial charge in [-0.25, -0.2) is 0 Å². The molecule has 1 unspecified atom stereocenters. The predicted octanol–water partition coefficient (Wildman–Crippen LogP) is 5.60. The first kappa shape index (κ1) is 22.7. The molecular formula is C30H33NO3. The van der Waals surface area contributed by atoms with Gasteiger partial charge in [0.25, 0.3) is 0 Å². The summed E-state index contributed by atoms with van der Waals surface area (Å²) < 4.78 is 5.91. The van der Waals surface area contributed by atoms with Crippen molar-refractivity contribution in [1.29, 1.82) is 0 Å². The van der Waals surface area contributed by atoms with Gasteiger partial charge in [-0.15, -0.1) is 0 Å². The van der Waals surface area contributed by atoms with Crippen molar-refractivity contribution in [3.05, 3.63) is 95.6 Å². The molecule has 4 heteroatoms. The van der Waals surface area contributed by atoms with Crippen LogP contribution in [0.5, 0.6) is 11.5 Å². The van der Waals surface area contributed by atoms with E-state index in [0.29, 0.717) is 19.1 Å². The number of rotatable bonds is 9. The summed E-state index contributed by atoms with van der Waals surface area (Å²) in [5.74, 6) is 1.58. The van der Waals surface area contributed by atoms with Crippen LogP contribution in [-0.2, 0) is 0 Å². The fourth-order valence-electron chi connectivity index (χ4n) is 4.91. The number of allylic oxidation sites excluding steroid dienone is 1. The Morgan fingerprint density at radius 2 is 1.44 bits per heavy atom. The van der Waals surface area contributed by atoms with Crippen molar-refractivity contribution in [3.8, 4) is 11.5 Å². The maximum absolute atomic E-state index is 10.4. The van der Waals surface area contributed by atoms with Gasteiger partial charge in [-0.1, -0.05) is 54.6 Å². The first-order valence-electron chi connectivity index (χ1n) is 12.4. The largest absolute Gasteiger partial charge is 0.508 e. The van der Waals surface area contributed by atoms with Gasteiger partial charge in [0.2, 0.25) is 0 Å². The molecule has 3 aromatic carbocycles. The molecule has 5 rings (SSSR count). The molecule has 1 heterocycles. The van der Waals surface area contributed by atoms with Crippen LogP contribution >= 0.6 is 0 Å². The van der Waals surface area contributed by atoms with Crippen LogP contribution in [0.1, 0.15) is 42.4 Å². The highest BCUT2D eigenvalue weighted by atomic mass is 16.5. The Morgan fingerprint density at radius 1 is 0.824 bits per heavy atom. The number of likely N-dealkylation sites (tertiary alicyclic amines) is 1. The lowest BCUT2D eigenvalue weighted by Crippen LogP contribution is -2.33. The number of aliphatic hydroxyl groups is 1. The molecule has 2 fully saturated rings. The van der Waals surface area contributed by atoms with E-state index in [1.165, 1.54) is 42.4 Å². The highest BCUT2D eigenvalue weighted by molar-refractivity contribution is 6.00. The summed E-state index contributed by atoms with van der Waals surface area (Å²) in [5, 5.41) is 20.2. The third kappa shape index (κ3) is 5.52. The number of hydrogen-bond acceptors (Lipinski definition) is 4. The Bertz CT molecular complexity index is 1100. The molecule has 0 radical (unpaired) electrons. The Balaban J connectivity index is 1.41. The molecule has 1 atom stereocenters. The van der Waals surface area contributed by atoms with E-state index in [4.69, 9.17) is 4.74 Å². The molecule has 1 aliphatic carbocycles. The van der Waals surface area contributed by atoms with E-state index < -0.39 is 6.10 Å². The number of aliphatic hydroxyl groups excluding tert-OH is 1. The van der Waals surface area contributed by atoms with Gasteiger partial charge in [-0.05, 0) is 96.8 Å². The Morgan fingerprint density at radius 3 is 2.06 bits per heavy atom. The van der Waals surface area contributed by atoms with Crippen LogP contribution in [0.3, 0.4) is 0 Å². The summed E-state index contributed by atoms with van der Waals surface area (Å²) in [6, 6.07) is 26.3. The van der Waals surface area contributed by atoms with Crippen molar-refractivity contribution in [2.75, 3.05) is 26.2 Å². The van der Waals surface area contributed by atoms with Crippen molar-refractivity contribution in [1.82, 2.24) is 4.90 Å². The van der Waals surface area contributed by atoms with Crippen LogP contribution < -0.4 is 4.74 Å². The topological polar surface area (TPSA) is 52.9 Å². The van der Waals surface area contributed by atoms with Crippen LogP contribution in [-0.4, -0.2) is 47.5 Å². The van der Waals surface area contributed by atoms with Crippen LogP contribution in [0.15, 0.2) is 78.9 Å². The molecule has 34 heavy (non-hydrogen) atoms. The fraction of sp³-hybridized carbons (Fsp3) is 0.333. The van der Waals surface area contributed by atoms with E-state index in [9.17, 15) is 10.2 Å². The first-order chi connectivity index (χ1) is 16.7. The van der Waals surface area contributed by atoms with Crippen LogP contribution in [0, 0.1) is 5.92 Å². The molecule has 3 aromatic rings. The molecule has 0 amide bonds. The van der Waals surface area contributed by atoms with Gasteiger partial charge in [0.05, 0.1) is 0 Å². The summed E-state index contributed by atoms with van der Waals surface area (Å²) in [4.78, 5) is 2.30. The average molecular weight is 456 g/mol. The normalized spacial score (nSPS) is 17.9. The Labute approximate surface area is 202 Å². The Kier molecular flexibility index (Phi) is 6.98. The minimum absolute atomic E-state index is 0.270. The first-order valence-corrected chi connectivity index (χ1v) is 12.4. The van der Waals surface area contributed by atoms with Gasteiger partial charge < -0.3 is 19.8 Å². The summed E-state index contributed by atoms with van der Waals surface area (Å²) in [6.07, 6.45) is 4.35. The van der Waals surface area contributed by atoms with Crippen molar-refractivity contribution in [2.24, 2.45) is 5.92 Å². The zero-order chi connectivity index (χ0) is 23.3. The molecule has 0 bridgehead atoms. The molecule has 2 N–H and O–H groups in total. The molecule has 176 valence electrons. The maximum Gasteiger partial charge on any atom is 0.119 e. The second-order valence-corrected chi connectivity index (χ2v) is 9.47. The number of phenolic OH excluding ortho intramolecular Hbond substituents is 1. The highest BCUT2D eigenvalue weighted by Crippen LogP contribution is 2.47. The third-order valence-electron chi connectivity index (χ3n) is 6.75. The standard InChI is InChI=1S/C30H33NO3/c32-26-14-10-24(11-15-26)30(29(23-8-9-23)22-6-2-1-3-7-22)25-12-16-28(17-13-25)34-21-27(33)20-31-18-4-5-19-31/h1-3,6-7,10-17,23,27,32-33H,4-5,8-9,18-21H2/b30-29-. The van der Waals surface area contributed by atoms with E-state index in [2.05, 4.69) is 47.4 Å². The van der Waals surface area contributed by atoms with E-state index in [0.717, 1.165) is 30.0 Å². The zero-order valence-corrected chi connectivity index (χ0v) is 19.6. The molecule has 0 spiro atoms. The van der Waals surface area contributed by atoms with Gasteiger partial charge in [0, 0.05) is 6.54 Å². The van der Waals surface area contributed by atoms with E-state index >= 15 is 0 Å². The monoisotopic (exact) mass is 455 g/mol. The lowest BCUT2D eigenvalue weighted by atomic mass is 9.87. The SMILES string of the molecule is Oc1ccc(/C(=C(\c2ccccc2)C2CC2)c2ccc(OCC(O)CN3CCCC3)cc2)cc1. The summed E-state index contributed by atoms with van der Waals surface area (Å²) >= 11 is 0. The number of hydrogen-bond donors (Lipinski definition) is 2. The second kappa shape index (κ2) is 10.5. The number of β-amino-alcohol motifs (C(OH)–C–C–N with tert-alkyl or cyclic N) is 1. The van der Waals surface area contributed by atoms with Crippen LogP contribution in [0.4, 0.5) is 0 Å². The minimum atomic E-state index is -0.482. The lowest BCUT2D eigenvalue weighted by Gasteiger charge is -2.20. The second-order valence-electron chi connectivity index (χ2n) is 9.47. The molecule has 2 aliphatic rings. The van der Waals surface area contributed by atoms with Crippen LogP contribution in [0.25, 0.3) is 11.1 Å². The number of benzene rings is 3. The fourth-order valence-corrected chi connectivity index (χ4v) is 4.91. The molecular weight excluding hydrogens is 422 g/mol. The lowest BCUT2D eigenvalue weighted by molar-refractivity contribution is 0.0758. The van der Waals surface area contributed by atoms with Gasteiger partial charge in [0.15, 0.2) is 0 Å². The summed E-state index contributed by atoms with van der Waals surface area (Å²) in [7, 11) is 0. The van der Waals surface area contributed by atoms with E-state index in [1.807, 2.05) is 24.3 Å². The summed E-state index contributed by atoms with van der Waals surface area (Å²) in [5.41, 5.74) is 6.04. The third-order valence-corrected chi connectivity index (χ3v) is 6.75. The van der Waals surface area contributed by atoms with Crippen LogP contribution in [0.2, 0.25) is 0 Å². The Hall–Kier alpha value is -3.08. The van der Waals surface area contributed by atoms with Gasteiger partial charge in [0.1, 0.15) is 24.2 Å². The highest BCUT2D eigenvalue weighted by Gasteiger charge is 2.30. The smallest absolute Gasteiger partial charge is 0.119 e. The molecule has 0 aromatic heterocycles. The van der Waals surface area contributed by atoms with E-state index in [-0.39, 0.29) is 5.75 Å². The van der Waals surface area contributed by atoms with Gasteiger partial charge >= 0.3 is 0 Å².